The molecule has 1 aromatic rings. The molecule has 1 aromatic carbocycles. The number of carboxylic acids is 1. The van der Waals surface area contributed by atoms with E-state index in [2.05, 4.69) is 4.74 Å². The lowest BCUT2D eigenvalue weighted by molar-refractivity contribution is -0.145. The molecule has 120 valence electrons. The van der Waals surface area contributed by atoms with Crippen LogP contribution in [0.5, 0.6) is 5.75 Å². The number of esters is 2. The van der Waals surface area contributed by atoms with Crippen molar-refractivity contribution in [3.8, 4) is 5.75 Å². The largest absolute Gasteiger partial charge is 0.480 e. The van der Waals surface area contributed by atoms with Gasteiger partial charge in [0, 0.05) is 6.92 Å². The average Bonchev–Trinajstić information content (AvgIpc) is 2.46. The van der Waals surface area contributed by atoms with Gasteiger partial charge in [-0.25, -0.2) is 4.79 Å². The monoisotopic (exact) mass is 310 g/mol. The van der Waals surface area contributed by atoms with Crippen LogP contribution in [0.3, 0.4) is 0 Å². The highest BCUT2D eigenvalue weighted by Crippen LogP contribution is 2.14. The maximum absolute atomic E-state index is 11.6. The van der Waals surface area contributed by atoms with E-state index >= 15 is 0 Å². The number of hydrogen-bond acceptors (Lipinski definition) is 7. The van der Waals surface area contributed by atoms with E-state index < -0.39 is 30.0 Å². The van der Waals surface area contributed by atoms with Crippen LogP contribution in [0, 0.1) is 0 Å². The minimum atomic E-state index is -1.09. The summed E-state index contributed by atoms with van der Waals surface area (Å²) in [5.41, 5.74) is 11.6. The molecule has 0 unspecified atom stereocenters. The van der Waals surface area contributed by atoms with Crippen molar-refractivity contribution in [2.24, 2.45) is 11.5 Å². The van der Waals surface area contributed by atoms with Gasteiger partial charge >= 0.3 is 17.9 Å². The predicted molar refractivity (Wildman–Crippen MR) is 76.0 cm³/mol. The van der Waals surface area contributed by atoms with Crippen LogP contribution < -0.4 is 16.2 Å². The molecule has 0 aromatic heterocycles. The Hall–Kier alpha value is -2.45. The van der Waals surface area contributed by atoms with E-state index in [0.29, 0.717) is 5.56 Å². The molecular weight excluding hydrogens is 292 g/mol. The van der Waals surface area contributed by atoms with Crippen LogP contribution in [0.4, 0.5) is 0 Å². The number of benzene rings is 1. The molecule has 0 amide bonds. The maximum atomic E-state index is 11.6. The molecule has 0 bridgehead atoms. The van der Waals surface area contributed by atoms with Gasteiger partial charge in [-0.15, -0.1) is 0 Å². The molecule has 1 rings (SSSR count). The van der Waals surface area contributed by atoms with Crippen molar-refractivity contribution in [1.29, 1.82) is 0 Å². The Balaban J connectivity index is 2.54. The Bertz CT molecular complexity index is 543. The Morgan fingerprint density at radius 1 is 1.14 bits per heavy atom. The van der Waals surface area contributed by atoms with Gasteiger partial charge in [-0.05, 0) is 24.1 Å². The van der Waals surface area contributed by atoms with Crippen LogP contribution in [0.1, 0.15) is 12.5 Å². The molecule has 0 saturated carbocycles. The third kappa shape index (κ3) is 5.90. The number of carbonyl (C=O) groups excluding carboxylic acids is 2. The lowest BCUT2D eigenvalue weighted by atomic mass is 10.1. The number of rotatable bonds is 7. The van der Waals surface area contributed by atoms with Crippen molar-refractivity contribution < 1.29 is 29.0 Å². The van der Waals surface area contributed by atoms with Gasteiger partial charge in [0.25, 0.3) is 0 Å². The minimum Gasteiger partial charge on any atom is -0.480 e. The molecular formula is C14H18N2O6. The zero-order valence-electron chi connectivity index (χ0n) is 12.0. The van der Waals surface area contributed by atoms with Gasteiger partial charge in [-0.2, -0.15) is 0 Å². The Morgan fingerprint density at radius 3 is 2.23 bits per heavy atom. The van der Waals surface area contributed by atoms with Crippen LogP contribution in [0.2, 0.25) is 0 Å². The average molecular weight is 310 g/mol. The van der Waals surface area contributed by atoms with E-state index in [0.717, 1.165) is 0 Å². The van der Waals surface area contributed by atoms with Gasteiger partial charge in [0.05, 0.1) is 0 Å². The van der Waals surface area contributed by atoms with E-state index in [1.165, 1.54) is 19.1 Å². The first-order valence-electron chi connectivity index (χ1n) is 6.47. The molecule has 8 nitrogen and oxygen atoms in total. The number of carbonyl (C=O) groups is 3. The highest BCUT2D eigenvalue weighted by Gasteiger charge is 2.18. The molecule has 0 aliphatic heterocycles. The fourth-order valence-corrected chi connectivity index (χ4v) is 1.50. The van der Waals surface area contributed by atoms with Gasteiger partial charge in [-0.3, -0.25) is 9.59 Å². The lowest BCUT2D eigenvalue weighted by Gasteiger charge is -2.11. The Morgan fingerprint density at radius 2 is 1.73 bits per heavy atom. The summed E-state index contributed by atoms with van der Waals surface area (Å²) in [6.07, 6.45) is 0.162. The maximum Gasteiger partial charge on any atom is 0.331 e. The van der Waals surface area contributed by atoms with Gasteiger partial charge in [0.1, 0.15) is 24.4 Å². The fraction of sp³-hybridized carbons (Fsp3) is 0.357. The third-order valence-electron chi connectivity index (χ3n) is 2.68. The van der Waals surface area contributed by atoms with Crippen molar-refractivity contribution in [3.63, 3.8) is 0 Å². The summed E-state index contributed by atoms with van der Waals surface area (Å²) < 4.78 is 9.63. The molecule has 0 spiro atoms. The van der Waals surface area contributed by atoms with E-state index in [9.17, 15) is 14.4 Å². The summed E-state index contributed by atoms with van der Waals surface area (Å²) in [5.74, 6) is -2.12. The normalized spacial score (nSPS) is 13.0. The second-order valence-electron chi connectivity index (χ2n) is 4.62. The van der Waals surface area contributed by atoms with E-state index in [4.69, 9.17) is 21.3 Å². The smallest absolute Gasteiger partial charge is 0.331 e. The predicted octanol–water partition coefficient (Wildman–Crippen LogP) is -0.563. The zero-order chi connectivity index (χ0) is 16.7. The molecule has 0 radical (unpaired) electrons. The second-order valence-corrected chi connectivity index (χ2v) is 4.62. The van der Waals surface area contributed by atoms with Crippen molar-refractivity contribution in [2.75, 3.05) is 6.61 Å². The first-order chi connectivity index (χ1) is 10.3. The summed E-state index contributed by atoms with van der Waals surface area (Å²) in [6.45, 7) is 0.943. The molecule has 0 aliphatic rings. The second kappa shape index (κ2) is 8.11. The van der Waals surface area contributed by atoms with Crippen LogP contribution >= 0.6 is 0 Å². The molecule has 5 N–H and O–H groups in total. The molecule has 0 aliphatic carbocycles. The van der Waals surface area contributed by atoms with Crippen molar-refractivity contribution >= 4 is 17.9 Å². The number of carboxylic acid groups (broad SMARTS) is 1. The summed E-state index contributed by atoms with van der Waals surface area (Å²) >= 11 is 0. The Kier molecular flexibility index (Phi) is 6.48. The van der Waals surface area contributed by atoms with Crippen molar-refractivity contribution in [3.05, 3.63) is 29.8 Å². The van der Waals surface area contributed by atoms with Gasteiger partial charge in [-0.1, -0.05) is 12.1 Å². The molecule has 0 fully saturated rings. The first-order valence-corrected chi connectivity index (χ1v) is 6.47. The highest BCUT2D eigenvalue weighted by atomic mass is 16.6. The van der Waals surface area contributed by atoms with Gasteiger partial charge < -0.3 is 26.0 Å². The number of hydrogen-bond donors (Lipinski definition) is 3. The molecule has 22 heavy (non-hydrogen) atoms. The molecule has 2 atom stereocenters. The summed E-state index contributed by atoms with van der Waals surface area (Å²) in [6, 6.07) is 4.13. The summed E-state index contributed by atoms with van der Waals surface area (Å²) in [5, 5.41) is 8.72. The SMILES string of the molecule is CC(=O)OC[C@H](N)C(=O)Oc1ccc(C[C@H](N)C(=O)O)cc1. The standard InChI is InChI=1S/C14H18N2O6/c1-8(17)21-7-12(16)14(20)22-10-4-2-9(3-5-10)6-11(15)13(18)19/h2-5,11-12H,6-7,15-16H2,1H3,(H,18,19)/t11-,12-/m0/s1. The van der Waals surface area contributed by atoms with Crippen molar-refractivity contribution in [2.45, 2.75) is 25.4 Å². The Labute approximate surface area is 127 Å². The highest BCUT2D eigenvalue weighted by molar-refractivity contribution is 5.78. The molecule has 0 heterocycles. The van der Waals surface area contributed by atoms with E-state index in [1.54, 1.807) is 12.1 Å². The van der Waals surface area contributed by atoms with E-state index in [1.807, 2.05) is 0 Å². The fourth-order valence-electron chi connectivity index (χ4n) is 1.50. The topological polar surface area (TPSA) is 142 Å². The summed E-state index contributed by atoms with van der Waals surface area (Å²) in [7, 11) is 0. The van der Waals surface area contributed by atoms with Crippen LogP contribution in [-0.4, -0.2) is 41.7 Å². The van der Waals surface area contributed by atoms with Crippen LogP contribution in [-0.2, 0) is 25.5 Å². The van der Waals surface area contributed by atoms with Crippen LogP contribution in [0.25, 0.3) is 0 Å². The summed E-state index contributed by atoms with van der Waals surface area (Å²) in [4.78, 5) is 32.9. The number of ether oxygens (including phenoxy) is 2. The molecule has 8 heteroatoms. The van der Waals surface area contributed by atoms with Crippen LogP contribution in [0.15, 0.2) is 24.3 Å². The third-order valence-corrected chi connectivity index (χ3v) is 2.68. The number of nitrogens with two attached hydrogens (primary N) is 2. The minimum absolute atomic E-state index is 0.162. The molecule has 0 saturated heterocycles. The zero-order valence-corrected chi connectivity index (χ0v) is 12.0. The van der Waals surface area contributed by atoms with Crippen molar-refractivity contribution in [1.82, 2.24) is 0 Å². The quantitative estimate of drug-likeness (QED) is 0.449. The van der Waals surface area contributed by atoms with Gasteiger partial charge in [0.15, 0.2) is 0 Å². The first kappa shape index (κ1) is 17.6. The van der Waals surface area contributed by atoms with E-state index in [-0.39, 0.29) is 18.8 Å². The number of aliphatic carboxylic acids is 1. The lowest BCUT2D eigenvalue weighted by Crippen LogP contribution is -2.38. The van der Waals surface area contributed by atoms with Gasteiger partial charge in [0.2, 0.25) is 0 Å².